The molecule has 1 aromatic rings. The number of aromatic nitrogens is 1. The first-order valence-corrected chi connectivity index (χ1v) is 8.36. The van der Waals surface area contributed by atoms with Crippen LogP contribution in [0.2, 0.25) is 0 Å². The Bertz CT molecular complexity index is 549. The van der Waals surface area contributed by atoms with Gasteiger partial charge < -0.3 is 14.0 Å². The molecule has 1 aliphatic carbocycles. The maximum Gasteiger partial charge on any atom is 0.355 e. The van der Waals surface area contributed by atoms with Gasteiger partial charge in [0.05, 0.1) is 0 Å². The second-order valence-electron chi connectivity index (χ2n) is 6.93. The van der Waals surface area contributed by atoms with Crippen molar-refractivity contribution in [1.29, 1.82) is 0 Å². The lowest BCUT2D eigenvalue weighted by Crippen LogP contribution is -2.36. The quantitative estimate of drug-likeness (QED) is 0.782. The van der Waals surface area contributed by atoms with Gasteiger partial charge in [0.2, 0.25) is 0 Å². The molecule has 0 aromatic carbocycles. The smallest absolute Gasteiger partial charge is 0.355 e. The molecular weight excluding hydrogens is 294 g/mol. The molecule has 128 valence electrons. The summed E-state index contributed by atoms with van der Waals surface area (Å²) in [4.78, 5) is 23.9. The van der Waals surface area contributed by atoms with Crippen LogP contribution in [-0.2, 0) is 21.3 Å². The molecule has 1 saturated carbocycles. The zero-order chi connectivity index (χ0) is 17.0. The SMILES string of the molecule is CC(C)[C@H]1CC[C@@H](C)C[C@H]1OC(=O)COC(=O)c1cccn1C. The number of aryl methyl sites for hydroxylation is 1. The third kappa shape index (κ3) is 4.60. The standard InChI is InChI=1S/C18H27NO4/c1-12(2)14-8-7-13(3)10-16(14)23-17(20)11-22-18(21)15-6-5-9-19(15)4/h5-6,9,12-14,16H,7-8,10-11H2,1-4H3/t13-,14-,16-/m1/s1. The van der Waals surface area contributed by atoms with Gasteiger partial charge in [0, 0.05) is 13.2 Å². The molecule has 0 aliphatic heterocycles. The fourth-order valence-corrected chi connectivity index (χ4v) is 3.32. The molecule has 5 heteroatoms. The number of rotatable bonds is 5. The van der Waals surface area contributed by atoms with Crippen LogP contribution in [0.4, 0.5) is 0 Å². The van der Waals surface area contributed by atoms with Gasteiger partial charge in [-0.2, -0.15) is 0 Å². The molecule has 3 atom stereocenters. The third-order valence-electron chi connectivity index (χ3n) is 4.72. The molecular formula is C18H27NO4. The van der Waals surface area contributed by atoms with E-state index in [0.717, 1.165) is 12.8 Å². The van der Waals surface area contributed by atoms with E-state index in [1.54, 1.807) is 29.9 Å². The summed E-state index contributed by atoms with van der Waals surface area (Å²) in [6, 6.07) is 3.41. The second-order valence-corrected chi connectivity index (χ2v) is 6.93. The Kier molecular flexibility index (Phi) is 5.85. The normalized spacial score (nSPS) is 24.5. The predicted molar refractivity (Wildman–Crippen MR) is 86.9 cm³/mol. The van der Waals surface area contributed by atoms with Gasteiger partial charge in [-0.15, -0.1) is 0 Å². The summed E-state index contributed by atoms with van der Waals surface area (Å²) in [5, 5.41) is 0. The van der Waals surface area contributed by atoms with Crippen LogP contribution in [0, 0.1) is 17.8 Å². The lowest BCUT2D eigenvalue weighted by Gasteiger charge is -2.36. The van der Waals surface area contributed by atoms with Gasteiger partial charge in [0.15, 0.2) is 6.61 Å². The maximum atomic E-state index is 12.0. The lowest BCUT2D eigenvalue weighted by molar-refractivity contribution is -0.159. The summed E-state index contributed by atoms with van der Waals surface area (Å²) >= 11 is 0. The summed E-state index contributed by atoms with van der Waals surface area (Å²) < 4.78 is 12.3. The molecule has 1 aromatic heterocycles. The Balaban J connectivity index is 1.85. The highest BCUT2D eigenvalue weighted by atomic mass is 16.6. The number of carbonyl (C=O) groups is 2. The number of hydrogen-bond donors (Lipinski definition) is 0. The molecule has 1 heterocycles. The fourth-order valence-electron chi connectivity index (χ4n) is 3.32. The first-order chi connectivity index (χ1) is 10.9. The molecule has 0 saturated heterocycles. The third-order valence-corrected chi connectivity index (χ3v) is 4.72. The van der Waals surface area contributed by atoms with Gasteiger partial charge in [0.1, 0.15) is 11.8 Å². The number of nitrogens with zero attached hydrogens (tertiary/aromatic N) is 1. The minimum atomic E-state index is -0.508. The molecule has 1 aliphatic rings. The van der Waals surface area contributed by atoms with Gasteiger partial charge in [-0.3, -0.25) is 0 Å². The molecule has 0 amide bonds. The summed E-state index contributed by atoms with van der Waals surface area (Å²) in [6.45, 7) is 6.18. The van der Waals surface area contributed by atoms with Crippen LogP contribution in [0.25, 0.3) is 0 Å². The van der Waals surface area contributed by atoms with Crippen LogP contribution in [0.1, 0.15) is 50.5 Å². The van der Waals surface area contributed by atoms with Gasteiger partial charge in [-0.25, -0.2) is 9.59 Å². The molecule has 0 radical (unpaired) electrons. The van der Waals surface area contributed by atoms with Crippen molar-refractivity contribution in [1.82, 2.24) is 4.57 Å². The van der Waals surface area contributed by atoms with Crippen molar-refractivity contribution in [2.75, 3.05) is 6.61 Å². The van der Waals surface area contributed by atoms with Gasteiger partial charge in [-0.1, -0.05) is 27.2 Å². The van der Waals surface area contributed by atoms with E-state index in [1.165, 1.54) is 6.42 Å². The summed E-state index contributed by atoms with van der Waals surface area (Å²) in [7, 11) is 1.76. The Morgan fingerprint density at radius 3 is 2.70 bits per heavy atom. The summed E-state index contributed by atoms with van der Waals surface area (Å²) in [6.07, 6.45) is 4.84. The molecule has 0 spiro atoms. The lowest BCUT2D eigenvalue weighted by atomic mass is 9.75. The highest BCUT2D eigenvalue weighted by molar-refractivity contribution is 5.89. The predicted octanol–water partition coefficient (Wildman–Crippen LogP) is 3.19. The van der Waals surface area contributed by atoms with Gasteiger partial charge in [0.25, 0.3) is 0 Å². The van der Waals surface area contributed by atoms with Crippen molar-refractivity contribution in [2.24, 2.45) is 24.8 Å². The average molecular weight is 321 g/mol. The molecule has 0 N–H and O–H groups in total. The van der Waals surface area contributed by atoms with Gasteiger partial charge in [-0.05, 0) is 42.7 Å². The van der Waals surface area contributed by atoms with E-state index >= 15 is 0 Å². The van der Waals surface area contributed by atoms with Crippen LogP contribution < -0.4 is 0 Å². The van der Waals surface area contributed by atoms with Crippen molar-refractivity contribution >= 4 is 11.9 Å². The van der Waals surface area contributed by atoms with Crippen LogP contribution in [0.3, 0.4) is 0 Å². The average Bonchev–Trinajstić information content (AvgIpc) is 2.90. The first-order valence-electron chi connectivity index (χ1n) is 8.36. The van der Waals surface area contributed by atoms with Crippen molar-refractivity contribution in [3.63, 3.8) is 0 Å². The Hall–Kier alpha value is -1.78. The van der Waals surface area contributed by atoms with Crippen molar-refractivity contribution in [3.8, 4) is 0 Å². The Labute approximate surface area is 138 Å². The minimum Gasteiger partial charge on any atom is -0.460 e. The highest BCUT2D eigenvalue weighted by Crippen LogP contribution is 2.35. The molecule has 5 nitrogen and oxygen atoms in total. The Morgan fingerprint density at radius 2 is 2.09 bits per heavy atom. The largest absolute Gasteiger partial charge is 0.460 e. The van der Waals surface area contributed by atoms with Gasteiger partial charge >= 0.3 is 11.9 Å². The minimum absolute atomic E-state index is 0.0695. The number of ether oxygens (including phenoxy) is 2. The monoisotopic (exact) mass is 321 g/mol. The van der Waals surface area contributed by atoms with E-state index in [2.05, 4.69) is 20.8 Å². The molecule has 0 unspecified atom stereocenters. The zero-order valence-corrected chi connectivity index (χ0v) is 14.5. The van der Waals surface area contributed by atoms with E-state index in [0.29, 0.717) is 23.4 Å². The number of hydrogen-bond acceptors (Lipinski definition) is 4. The second kappa shape index (κ2) is 7.66. The first kappa shape index (κ1) is 17.6. The molecule has 2 rings (SSSR count). The molecule has 1 fully saturated rings. The van der Waals surface area contributed by atoms with Crippen molar-refractivity contribution < 1.29 is 19.1 Å². The van der Waals surface area contributed by atoms with Crippen LogP contribution in [0.5, 0.6) is 0 Å². The summed E-state index contributed by atoms with van der Waals surface area (Å²) in [5.74, 6) is 0.461. The van der Waals surface area contributed by atoms with Crippen LogP contribution in [0.15, 0.2) is 18.3 Å². The van der Waals surface area contributed by atoms with Crippen molar-refractivity contribution in [3.05, 3.63) is 24.0 Å². The van der Waals surface area contributed by atoms with E-state index in [-0.39, 0.29) is 12.7 Å². The number of carbonyl (C=O) groups excluding carboxylic acids is 2. The van der Waals surface area contributed by atoms with E-state index in [1.807, 2.05) is 0 Å². The fraction of sp³-hybridized carbons (Fsp3) is 0.667. The Morgan fingerprint density at radius 1 is 1.35 bits per heavy atom. The maximum absolute atomic E-state index is 12.0. The molecule has 23 heavy (non-hydrogen) atoms. The van der Waals surface area contributed by atoms with Crippen LogP contribution in [-0.4, -0.2) is 29.2 Å². The van der Waals surface area contributed by atoms with E-state index in [4.69, 9.17) is 9.47 Å². The van der Waals surface area contributed by atoms with E-state index in [9.17, 15) is 9.59 Å². The molecule has 0 bridgehead atoms. The van der Waals surface area contributed by atoms with E-state index < -0.39 is 11.9 Å². The zero-order valence-electron chi connectivity index (χ0n) is 14.5. The number of esters is 2. The van der Waals surface area contributed by atoms with Crippen molar-refractivity contribution in [2.45, 2.75) is 46.1 Å². The van der Waals surface area contributed by atoms with Crippen LogP contribution >= 0.6 is 0 Å². The summed E-state index contributed by atoms with van der Waals surface area (Å²) in [5.41, 5.74) is 0.421. The highest BCUT2D eigenvalue weighted by Gasteiger charge is 2.33. The topological polar surface area (TPSA) is 57.5 Å².